The molecule has 1 aromatic carbocycles. The van der Waals surface area contributed by atoms with Crippen LogP contribution >= 0.6 is 0 Å². The van der Waals surface area contributed by atoms with Crippen LogP contribution in [0.15, 0.2) is 24.3 Å². The summed E-state index contributed by atoms with van der Waals surface area (Å²) >= 11 is 0. The maximum Gasteiger partial charge on any atom is 0.246 e. The zero-order valence-electron chi connectivity index (χ0n) is 23.2. The SMILES string of the molecule is CC(=O)C(Cc1ccc(O)cc1)NC(=O)C1CCCN1C(=O)C1C[C@H](O)CN1C(=O)CNC(=O)C(C)NC(=O)CN. The highest BCUT2D eigenvalue weighted by Gasteiger charge is 2.45. The molecule has 0 aliphatic carbocycles. The molecule has 2 saturated heterocycles. The van der Waals surface area contributed by atoms with E-state index < -0.39 is 66.4 Å². The first kappa shape index (κ1) is 31.5. The van der Waals surface area contributed by atoms with Crippen molar-refractivity contribution in [2.24, 2.45) is 5.73 Å². The van der Waals surface area contributed by atoms with Crippen molar-refractivity contribution in [1.82, 2.24) is 25.8 Å². The van der Waals surface area contributed by atoms with Crippen LogP contribution in [0.5, 0.6) is 5.75 Å². The van der Waals surface area contributed by atoms with Crippen LogP contribution in [0.2, 0.25) is 0 Å². The summed E-state index contributed by atoms with van der Waals surface area (Å²) in [5, 5.41) is 27.3. The maximum atomic E-state index is 13.6. The van der Waals surface area contributed by atoms with Gasteiger partial charge in [-0.25, -0.2) is 0 Å². The third kappa shape index (κ3) is 8.24. The largest absolute Gasteiger partial charge is 0.508 e. The number of benzene rings is 1. The number of Topliss-reactive ketones (excluding diaryl/α,β-unsaturated/α-hetero) is 1. The molecule has 14 nitrogen and oxygen atoms in total. The first-order valence-corrected chi connectivity index (χ1v) is 13.5. The minimum absolute atomic E-state index is 0.0246. The second-order valence-electron chi connectivity index (χ2n) is 10.4. The summed E-state index contributed by atoms with van der Waals surface area (Å²) in [5.74, 6) is -2.94. The molecule has 14 heteroatoms. The van der Waals surface area contributed by atoms with Gasteiger partial charge in [-0.3, -0.25) is 28.8 Å². The van der Waals surface area contributed by atoms with Gasteiger partial charge >= 0.3 is 0 Å². The van der Waals surface area contributed by atoms with Crippen molar-refractivity contribution in [2.45, 2.75) is 69.8 Å². The number of amides is 5. The average molecular weight is 575 g/mol. The van der Waals surface area contributed by atoms with Gasteiger partial charge in [0.1, 0.15) is 23.9 Å². The summed E-state index contributed by atoms with van der Waals surface area (Å²) in [6, 6.07) is 2.62. The lowest BCUT2D eigenvalue weighted by molar-refractivity contribution is -0.146. The molecule has 5 atom stereocenters. The van der Waals surface area contributed by atoms with E-state index in [1.807, 2.05) is 0 Å². The van der Waals surface area contributed by atoms with E-state index in [1.165, 1.54) is 35.8 Å². The Kier molecular flexibility index (Phi) is 10.8. The van der Waals surface area contributed by atoms with Crippen LogP contribution in [0.25, 0.3) is 0 Å². The fraction of sp³-hybridized carbons (Fsp3) is 0.556. The first-order valence-electron chi connectivity index (χ1n) is 13.5. The van der Waals surface area contributed by atoms with Gasteiger partial charge in [0.25, 0.3) is 0 Å². The van der Waals surface area contributed by atoms with Crippen molar-refractivity contribution >= 4 is 35.3 Å². The normalized spacial score (nSPS) is 21.6. The van der Waals surface area contributed by atoms with Crippen molar-refractivity contribution in [3.63, 3.8) is 0 Å². The van der Waals surface area contributed by atoms with E-state index in [-0.39, 0.29) is 44.0 Å². The fourth-order valence-corrected chi connectivity index (χ4v) is 5.03. The van der Waals surface area contributed by atoms with Crippen LogP contribution in [0.4, 0.5) is 0 Å². The van der Waals surface area contributed by atoms with E-state index in [0.717, 1.165) is 5.56 Å². The molecule has 41 heavy (non-hydrogen) atoms. The van der Waals surface area contributed by atoms with Gasteiger partial charge in [0, 0.05) is 19.5 Å². The van der Waals surface area contributed by atoms with Gasteiger partial charge in [0.2, 0.25) is 29.5 Å². The highest BCUT2D eigenvalue weighted by molar-refractivity contribution is 5.96. The number of β-amino-alcohol motifs (C(OH)–C–C–N with tert-alkyl or cyclic N) is 1. The Bertz CT molecular complexity index is 1160. The number of aliphatic hydroxyl groups excluding tert-OH is 1. The molecular weight excluding hydrogens is 536 g/mol. The van der Waals surface area contributed by atoms with E-state index in [9.17, 15) is 39.0 Å². The monoisotopic (exact) mass is 574 g/mol. The molecule has 0 bridgehead atoms. The number of hydrogen-bond acceptors (Lipinski definition) is 9. The number of phenolic OH excluding ortho intramolecular Hbond substituents is 1. The number of likely N-dealkylation sites (tertiary alicyclic amines) is 2. The van der Waals surface area contributed by atoms with Gasteiger partial charge < -0.3 is 41.7 Å². The Balaban J connectivity index is 1.63. The number of rotatable bonds is 11. The van der Waals surface area contributed by atoms with Gasteiger partial charge in [0.05, 0.1) is 25.2 Å². The van der Waals surface area contributed by atoms with Gasteiger partial charge in [-0.2, -0.15) is 0 Å². The van der Waals surface area contributed by atoms with Crippen molar-refractivity contribution < 1.29 is 39.0 Å². The number of carbonyl (C=O) groups is 6. The fourth-order valence-electron chi connectivity index (χ4n) is 5.03. The molecule has 0 saturated carbocycles. The molecule has 3 rings (SSSR count). The zero-order valence-corrected chi connectivity index (χ0v) is 23.2. The van der Waals surface area contributed by atoms with Gasteiger partial charge in [-0.05, 0) is 50.8 Å². The van der Waals surface area contributed by atoms with Crippen LogP contribution < -0.4 is 21.7 Å². The predicted molar refractivity (Wildman–Crippen MR) is 145 cm³/mol. The molecule has 5 amide bonds. The lowest BCUT2D eigenvalue weighted by Gasteiger charge is -2.31. The Morgan fingerprint density at radius 1 is 1.05 bits per heavy atom. The summed E-state index contributed by atoms with van der Waals surface area (Å²) < 4.78 is 0. The van der Waals surface area contributed by atoms with Gasteiger partial charge in [-0.1, -0.05) is 12.1 Å². The van der Waals surface area contributed by atoms with E-state index >= 15 is 0 Å². The molecule has 2 fully saturated rings. The smallest absolute Gasteiger partial charge is 0.246 e. The topological polar surface area (TPSA) is 211 Å². The molecule has 0 radical (unpaired) electrons. The zero-order chi connectivity index (χ0) is 30.3. The number of nitrogens with two attached hydrogens (primary N) is 1. The summed E-state index contributed by atoms with van der Waals surface area (Å²) in [7, 11) is 0. The Hall–Kier alpha value is -4.04. The molecule has 0 spiro atoms. The molecule has 7 N–H and O–H groups in total. The third-order valence-corrected chi connectivity index (χ3v) is 7.28. The molecule has 1 aromatic rings. The quantitative estimate of drug-likeness (QED) is 0.165. The second-order valence-corrected chi connectivity index (χ2v) is 10.4. The van der Waals surface area contributed by atoms with E-state index in [4.69, 9.17) is 5.73 Å². The number of carbonyl (C=O) groups excluding carboxylic acids is 6. The average Bonchev–Trinajstić information content (AvgIpc) is 3.59. The van der Waals surface area contributed by atoms with Crippen molar-refractivity contribution in [3.8, 4) is 5.75 Å². The number of hydrogen-bond donors (Lipinski definition) is 6. The van der Waals surface area contributed by atoms with Crippen LogP contribution in [-0.4, -0.2) is 112 Å². The minimum atomic E-state index is -1.03. The number of nitrogens with one attached hydrogen (secondary N) is 3. The summed E-state index contributed by atoms with van der Waals surface area (Å²) in [4.78, 5) is 78.3. The minimum Gasteiger partial charge on any atom is -0.508 e. The summed E-state index contributed by atoms with van der Waals surface area (Å²) in [6.45, 7) is 2.18. The highest BCUT2D eigenvalue weighted by atomic mass is 16.3. The first-order chi connectivity index (χ1) is 19.4. The molecule has 2 aliphatic heterocycles. The van der Waals surface area contributed by atoms with Gasteiger partial charge in [-0.15, -0.1) is 0 Å². The van der Waals surface area contributed by atoms with Crippen molar-refractivity contribution in [3.05, 3.63) is 29.8 Å². The number of nitrogens with zero attached hydrogens (tertiary/aromatic N) is 2. The van der Waals surface area contributed by atoms with Crippen molar-refractivity contribution in [1.29, 1.82) is 0 Å². The summed E-state index contributed by atoms with van der Waals surface area (Å²) in [5.41, 5.74) is 5.96. The Morgan fingerprint density at radius 2 is 1.73 bits per heavy atom. The van der Waals surface area contributed by atoms with E-state index in [2.05, 4.69) is 16.0 Å². The standard InChI is InChI=1S/C27H38N6O8/c1-15(30-23(37)12-28)25(39)29-13-24(38)33-14-19(36)11-22(33)27(41)32-9-3-4-21(32)26(40)31-20(16(2)34)10-17-5-7-18(35)8-6-17/h5-8,15,19-22,35-36H,3-4,9-14,28H2,1-2H3,(H,29,39)(H,30,37)(H,31,40)/t15?,19-,20?,21?,22?/m0/s1. The van der Waals surface area contributed by atoms with Crippen LogP contribution in [0.3, 0.4) is 0 Å². The van der Waals surface area contributed by atoms with Crippen LogP contribution in [-0.2, 0) is 35.2 Å². The number of aromatic hydroxyl groups is 1. The number of aliphatic hydroxyl groups is 1. The van der Waals surface area contributed by atoms with Crippen LogP contribution in [0.1, 0.15) is 38.7 Å². The Morgan fingerprint density at radius 3 is 2.37 bits per heavy atom. The molecule has 2 aliphatic rings. The molecule has 0 aromatic heterocycles. The molecular formula is C27H38N6O8. The molecule has 4 unspecified atom stereocenters. The van der Waals surface area contributed by atoms with E-state index in [1.54, 1.807) is 12.1 Å². The Labute approximate surface area is 237 Å². The number of ketones is 1. The highest BCUT2D eigenvalue weighted by Crippen LogP contribution is 2.25. The second kappa shape index (κ2) is 14.0. The number of phenols is 1. The summed E-state index contributed by atoms with van der Waals surface area (Å²) in [6.07, 6.45) is 0.127. The van der Waals surface area contributed by atoms with E-state index in [0.29, 0.717) is 12.8 Å². The maximum absolute atomic E-state index is 13.6. The molecule has 224 valence electrons. The lowest BCUT2D eigenvalue weighted by atomic mass is 10.0. The predicted octanol–water partition coefficient (Wildman–Crippen LogP) is -2.46. The molecule has 2 heterocycles. The van der Waals surface area contributed by atoms with Crippen LogP contribution in [0, 0.1) is 0 Å². The van der Waals surface area contributed by atoms with Crippen molar-refractivity contribution in [2.75, 3.05) is 26.2 Å². The van der Waals surface area contributed by atoms with Gasteiger partial charge in [0.15, 0.2) is 5.78 Å². The third-order valence-electron chi connectivity index (χ3n) is 7.28. The lowest BCUT2D eigenvalue weighted by Crippen LogP contribution is -2.56.